The van der Waals surface area contributed by atoms with Crippen LogP contribution in [0.5, 0.6) is 0 Å². The van der Waals surface area contributed by atoms with Crippen LogP contribution in [0.3, 0.4) is 0 Å². The summed E-state index contributed by atoms with van der Waals surface area (Å²) in [5, 5.41) is 40.3. The van der Waals surface area contributed by atoms with E-state index < -0.39 is 0 Å². The molecule has 0 amide bonds. The molecule has 9 heteroatoms. The second-order valence-corrected chi connectivity index (χ2v) is 7.40. The maximum absolute atomic E-state index is 8.97. The first-order valence-corrected chi connectivity index (χ1v) is 10.0. The lowest BCUT2D eigenvalue weighted by Crippen LogP contribution is -2.24. The number of hydrogen-bond donors (Lipinski definition) is 6. The standard InChI is InChI=1S/C21H23N7OS/c1-25-11-16(10-22)14-2-5-20(23)28(13-14)21(24)30-18-3-4-19-15(9-18)8-17(12-27-19)26-6-7-29/h2-5,8-13,22-26,29H,6-7H2,1H3/b16-11+,22-10?,23-20?,24-21?. The number of benzene rings is 1. The van der Waals surface area contributed by atoms with Crippen LogP contribution in [0, 0.1) is 16.2 Å². The van der Waals surface area contributed by atoms with Crippen LogP contribution in [-0.2, 0) is 0 Å². The van der Waals surface area contributed by atoms with Crippen molar-refractivity contribution in [3.05, 3.63) is 66.0 Å². The van der Waals surface area contributed by atoms with Crippen LogP contribution in [-0.4, -0.2) is 46.2 Å². The molecule has 0 atom stereocenters. The first-order chi connectivity index (χ1) is 14.5. The fourth-order valence-electron chi connectivity index (χ4n) is 2.83. The highest BCUT2D eigenvalue weighted by atomic mass is 32.2. The molecular weight excluding hydrogens is 398 g/mol. The minimum Gasteiger partial charge on any atom is -0.395 e. The lowest BCUT2D eigenvalue weighted by Gasteiger charge is -2.11. The number of pyridine rings is 2. The average molecular weight is 422 g/mol. The number of thioether (sulfide) groups is 1. The van der Waals surface area contributed by atoms with Crippen molar-refractivity contribution in [1.82, 2.24) is 14.9 Å². The van der Waals surface area contributed by atoms with Crippen LogP contribution in [0.4, 0.5) is 5.69 Å². The summed E-state index contributed by atoms with van der Waals surface area (Å²) >= 11 is 1.24. The van der Waals surface area contributed by atoms with E-state index in [4.69, 9.17) is 21.3 Å². The maximum Gasteiger partial charge on any atom is 0.171 e. The van der Waals surface area contributed by atoms with Crippen molar-refractivity contribution in [3.8, 4) is 0 Å². The van der Waals surface area contributed by atoms with E-state index in [1.807, 2.05) is 24.3 Å². The van der Waals surface area contributed by atoms with Gasteiger partial charge in [0.15, 0.2) is 5.17 Å². The monoisotopic (exact) mass is 421 g/mol. The summed E-state index contributed by atoms with van der Waals surface area (Å²) < 4.78 is 1.48. The van der Waals surface area contributed by atoms with Gasteiger partial charge in [-0.15, -0.1) is 0 Å². The van der Waals surface area contributed by atoms with Crippen LogP contribution in [0.25, 0.3) is 16.5 Å². The van der Waals surface area contributed by atoms with Gasteiger partial charge < -0.3 is 21.1 Å². The number of allylic oxidation sites excluding steroid dienone is 1. The van der Waals surface area contributed by atoms with Crippen LogP contribution >= 0.6 is 11.8 Å². The van der Waals surface area contributed by atoms with Crippen molar-refractivity contribution in [1.29, 1.82) is 16.2 Å². The zero-order valence-electron chi connectivity index (χ0n) is 16.4. The summed E-state index contributed by atoms with van der Waals surface area (Å²) in [6, 6.07) is 11.1. The van der Waals surface area contributed by atoms with Crippen molar-refractivity contribution >= 4 is 45.3 Å². The molecule has 2 heterocycles. The van der Waals surface area contributed by atoms with E-state index in [-0.39, 0.29) is 17.3 Å². The molecule has 0 unspecified atom stereocenters. The highest BCUT2D eigenvalue weighted by molar-refractivity contribution is 8.13. The third kappa shape index (κ3) is 4.94. The van der Waals surface area contributed by atoms with Gasteiger partial charge in [0, 0.05) is 53.6 Å². The third-order valence-electron chi connectivity index (χ3n) is 4.26. The fraction of sp³-hybridized carbons (Fsp3) is 0.143. The molecule has 0 radical (unpaired) electrons. The Morgan fingerprint density at radius 1 is 1.27 bits per heavy atom. The van der Waals surface area contributed by atoms with Gasteiger partial charge in [-0.05, 0) is 36.4 Å². The summed E-state index contributed by atoms with van der Waals surface area (Å²) in [6.07, 6.45) is 6.34. The Kier molecular flexibility index (Phi) is 6.99. The van der Waals surface area contributed by atoms with Crippen molar-refractivity contribution in [2.75, 3.05) is 25.5 Å². The molecule has 0 fully saturated rings. The van der Waals surface area contributed by atoms with Gasteiger partial charge in [-0.1, -0.05) is 11.8 Å². The quantitative estimate of drug-likeness (QED) is 0.198. The number of nitrogens with one attached hydrogen (secondary N) is 5. The minimum absolute atomic E-state index is 0.0417. The van der Waals surface area contributed by atoms with Crippen LogP contribution in [0.1, 0.15) is 5.56 Å². The van der Waals surface area contributed by atoms with Gasteiger partial charge in [-0.2, -0.15) is 0 Å². The highest BCUT2D eigenvalue weighted by Crippen LogP contribution is 2.25. The third-order valence-corrected chi connectivity index (χ3v) is 5.14. The Hall–Kier alpha value is -3.43. The van der Waals surface area contributed by atoms with E-state index in [9.17, 15) is 0 Å². The van der Waals surface area contributed by atoms with Gasteiger partial charge in [-0.25, -0.2) is 0 Å². The molecule has 8 nitrogen and oxygen atoms in total. The summed E-state index contributed by atoms with van der Waals surface area (Å²) in [5.74, 6) is 0. The molecule has 0 saturated heterocycles. The number of nitrogens with zero attached hydrogens (tertiary/aromatic N) is 2. The lowest BCUT2D eigenvalue weighted by atomic mass is 10.1. The van der Waals surface area contributed by atoms with Gasteiger partial charge in [-0.3, -0.25) is 20.4 Å². The molecule has 0 bridgehead atoms. The zero-order chi connectivity index (χ0) is 21.5. The first kappa shape index (κ1) is 21.3. The van der Waals surface area contributed by atoms with E-state index in [1.165, 1.54) is 22.5 Å². The molecule has 0 aliphatic rings. The predicted molar refractivity (Wildman–Crippen MR) is 122 cm³/mol. The normalized spacial score (nSPS) is 11.3. The minimum atomic E-state index is 0.0417. The van der Waals surface area contributed by atoms with E-state index in [1.54, 1.807) is 37.8 Å². The van der Waals surface area contributed by atoms with E-state index in [0.717, 1.165) is 27.0 Å². The number of aliphatic hydroxyl groups is 1. The number of aromatic nitrogens is 2. The summed E-state index contributed by atoms with van der Waals surface area (Å²) in [7, 11) is 1.76. The van der Waals surface area contributed by atoms with Gasteiger partial charge in [0.05, 0.1) is 24.0 Å². The van der Waals surface area contributed by atoms with Gasteiger partial charge in [0.2, 0.25) is 0 Å². The number of fused-ring (bicyclic) bond motifs is 1. The predicted octanol–water partition coefficient (Wildman–Crippen LogP) is 2.71. The zero-order valence-corrected chi connectivity index (χ0v) is 17.3. The molecule has 0 spiro atoms. The van der Waals surface area contributed by atoms with E-state index in [0.29, 0.717) is 12.1 Å². The molecule has 1 aromatic carbocycles. The topological polar surface area (TPSA) is 134 Å². The fourth-order valence-corrected chi connectivity index (χ4v) is 3.63. The average Bonchev–Trinajstić information content (AvgIpc) is 2.76. The molecule has 3 rings (SSSR count). The molecular formula is C21H23N7OS. The van der Waals surface area contributed by atoms with Gasteiger partial charge in [0.25, 0.3) is 0 Å². The van der Waals surface area contributed by atoms with Crippen molar-refractivity contribution in [2.24, 2.45) is 0 Å². The molecule has 154 valence electrons. The Bertz CT molecular complexity index is 1170. The highest BCUT2D eigenvalue weighted by Gasteiger charge is 2.08. The molecule has 6 N–H and O–H groups in total. The SMILES string of the molecule is CN/C=C(\C=N)c1ccc(=N)n(C(=N)Sc2ccc3ncc(NCCO)cc3c2)c1. The largest absolute Gasteiger partial charge is 0.395 e. The second kappa shape index (κ2) is 9.86. The Balaban J connectivity index is 1.88. The smallest absolute Gasteiger partial charge is 0.171 e. The lowest BCUT2D eigenvalue weighted by molar-refractivity contribution is 0.311. The van der Waals surface area contributed by atoms with Crippen LogP contribution < -0.4 is 16.1 Å². The molecule has 0 aliphatic heterocycles. The summed E-state index contributed by atoms with van der Waals surface area (Å²) in [4.78, 5) is 5.26. The summed E-state index contributed by atoms with van der Waals surface area (Å²) in [5.41, 5.74) is 3.23. The van der Waals surface area contributed by atoms with Crippen molar-refractivity contribution in [2.45, 2.75) is 4.90 Å². The van der Waals surface area contributed by atoms with Crippen molar-refractivity contribution < 1.29 is 5.11 Å². The number of anilines is 1. The molecule has 0 aliphatic carbocycles. The Morgan fingerprint density at radius 2 is 2.10 bits per heavy atom. The number of aliphatic hydroxyl groups excluding tert-OH is 1. The molecule has 3 aromatic rings. The molecule has 30 heavy (non-hydrogen) atoms. The second-order valence-electron chi connectivity index (χ2n) is 6.34. The molecule has 2 aromatic heterocycles. The Labute approximate surface area is 178 Å². The van der Waals surface area contributed by atoms with Crippen LogP contribution in [0.2, 0.25) is 0 Å². The van der Waals surface area contributed by atoms with Crippen LogP contribution in [0.15, 0.2) is 59.9 Å². The first-order valence-electron chi connectivity index (χ1n) is 9.22. The van der Waals surface area contributed by atoms with E-state index >= 15 is 0 Å². The maximum atomic E-state index is 8.97. The number of rotatable bonds is 7. The van der Waals surface area contributed by atoms with Gasteiger partial charge in [0.1, 0.15) is 5.49 Å². The van der Waals surface area contributed by atoms with E-state index in [2.05, 4.69) is 15.6 Å². The number of hydrogen-bond acceptors (Lipinski definition) is 8. The summed E-state index contributed by atoms with van der Waals surface area (Å²) in [6.45, 7) is 0.491. The Morgan fingerprint density at radius 3 is 2.83 bits per heavy atom. The van der Waals surface area contributed by atoms with Gasteiger partial charge >= 0.3 is 0 Å². The molecule has 0 saturated carbocycles. The van der Waals surface area contributed by atoms with Crippen molar-refractivity contribution in [3.63, 3.8) is 0 Å².